The smallest absolute Gasteiger partial charge is 0.264 e. The van der Waals surface area contributed by atoms with Gasteiger partial charge in [-0.3, -0.25) is 9.10 Å². The number of ether oxygens (including phenoxy) is 1. The zero-order valence-corrected chi connectivity index (χ0v) is 20.3. The van der Waals surface area contributed by atoms with Gasteiger partial charge in [0.25, 0.3) is 15.9 Å². The van der Waals surface area contributed by atoms with Crippen molar-refractivity contribution in [3.8, 4) is 5.75 Å². The van der Waals surface area contributed by atoms with E-state index in [1.807, 2.05) is 4.90 Å². The Morgan fingerprint density at radius 3 is 2.17 bits per heavy atom. The summed E-state index contributed by atoms with van der Waals surface area (Å²) in [5.74, 6) is 0.0571. The molecule has 1 aliphatic rings. The molecule has 1 aliphatic heterocycles. The number of amides is 1. The number of anilines is 2. The van der Waals surface area contributed by atoms with Gasteiger partial charge < -0.3 is 14.5 Å². The van der Waals surface area contributed by atoms with Crippen LogP contribution in [-0.2, 0) is 14.8 Å². The fraction of sp³-hybridized carbons (Fsp3) is 0.269. The lowest BCUT2D eigenvalue weighted by atomic mass is 10.2. The molecule has 35 heavy (non-hydrogen) atoms. The van der Waals surface area contributed by atoms with Gasteiger partial charge in [-0.05, 0) is 55.5 Å². The van der Waals surface area contributed by atoms with Gasteiger partial charge in [-0.2, -0.15) is 0 Å². The monoisotopic (exact) mass is 497 g/mol. The summed E-state index contributed by atoms with van der Waals surface area (Å²) in [6, 6.07) is 21.5. The van der Waals surface area contributed by atoms with E-state index < -0.39 is 10.0 Å². The Labute approximate surface area is 205 Å². The van der Waals surface area contributed by atoms with Crippen molar-refractivity contribution in [3.05, 3.63) is 84.7 Å². The van der Waals surface area contributed by atoms with Crippen molar-refractivity contribution in [1.29, 1.82) is 0 Å². The van der Waals surface area contributed by atoms with E-state index in [-0.39, 0.29) is 29.8 Å². The van der Waals surface area contributed by atoms with Gasteiger partial charge in [0.2, 0.25) is 0 Å². The molecule has 0 unspecified atom stereocenters. The first-order chi connectivity index (χ1) is 16.9. The fourth-order valence-corrected chi connectivity index (χ4v) is 5.56. The van der Waals surface area contributed by atoms with Crippen LogP contribution in [0.15, 0.2) is 83.8 Å². The molecule has 3 aromatic carbocycles. The number of carbonyl (C=O) groups excluding carboxylic acids is 1. The van der Waals surface area contributed by atoms with E-state index in [2.05, 4.69) is 0 Å². The van der Waals surface area contributed by atoms with E-state index in [0.29, 0.717) is 43.3 Å². The maximum absolute atomic E-state index is 14.0. The van der Waals surface area contributed by atoms with Crippen molar-refractivity contribution >= 4 is 27.3 Å². The van der Waals surface area contributed by atoms with Crippen molar-refractivity contribution in [2.24, 2.45) is 0 Å². The van der Waals surface area contributed by atoms with Gasteiger partial charge in [0.15, 0.2) is 6.61 Å². The molecule has 9 heteroatoms. The highest BCUT2D eigenvalue weighted by Gasteiger charge is 2.24. The fourth-order valence-electron chi connectivity index (χ4n) is 4.06. The van der Waals surface area contributed by atoms with Crippen molar-refractivity contribution in [2.75, 3.05) is 48.5 Å². The van der Waals surface area contributed by atoms with Crippen LogP contribution in [0.5, 0.6) is 5.75 Å². The van der Waals surface area contributed by atoms with Gasteiger partial charge in [0.1, 0.15) is 11.6 Å². The quantitative estimate of drug-likeness (QED) is 0.474. The number of halogens is 1. The number of rotatable bonds is 8. The van der Waals surface area contributed by atoms with Gasteiger partial charge in [-0.15, -0.1) is 0 Å². The standard InChI is InChI=1S/C26H28FN3O4S/c1-2-30(35(32,33)23-8-4-3-5-9-23)21-12-14-22(15-13-21)34-20-26(31)29-18-16-28(17-19-29)25-11-7-6-10-24(25)27/h3-15H,2,16-20H2,1H3. The van der Waals surface area contributed by atoms with E-state index in [1.54, 1.807) is 84.6 Å². The summed E-state index contributed by atoms with van der Waals surface area (Å²) in [6.45, 7) is 3.98. The molecule has 1 saturated heterocycles. The zero-order valence-electron chi connectivity index (χ0n) is 19.5. The summed E-state index contributed by atoms with van der Waals surface area (Å²) in [4.78, 5) is 16.5. The molecular weight excluding hydrogens is 469 g/mol. The highest BCUT2D eigenvalue weighted by Crippen LogP contribution is 2.26. The summed E-state index contributed by atoms with van der Waals surface area (Å²) in [7, 11) is -3.68. The topological polar surface area (TPSA) is 70.2 Å². The molecule has 7 nitrogen and oxygen atoms in total. The SMILES string of the molecule is CCN(c1ccc(OCC(=O)N2CCN(c3ccccc3F)CC2)cc1)S(=O)(=O)c1ccccc1. The number of piperazine rings is 1. The number of hydrogen-bond acceptors (Lipinski definition) is 5. The first-order valence-corrected chi connectivity index (χ1v) is 12.9. The molecule has 1 heterocycles. The minimum atomic E-state index is -3.68. The van der Waals surface area contributed by atoms with Crippen LogP contribution in [0.3, 0.4) is 0 Å². The van der Waals surface area contributed by atoms with Crippen molar-refractivity contribution in [3.63, 3.8) is 0 Å². The van der Waals surface area contributed by atoms with E-state index in [1.165, 1.54) is 10.4 Å². The summed E-state index contributed by atoms with van der Waals surface area (Å²) in [5.41, 5.74) is 1.06. The molecule has 1 amide bonds. The largest absolute Gasteiger partial charge is 0.484 e. The van der Waals surface area contributed by atoms with Crippen LogP contribution in [0, 0.1) is 5.82 Å². The molecule has 0 aromatic heterocycles. The van der Waals surface area contributed by atoms with Gasteiger partial charge in [-0.1, -0.05) is 30.3 Å². The third kappa shape index (κ3) is 5.57. The molecule has 0 saturated carbocycles. The Morgan fingerprint density at radius 1 is 0.914 bits per heavy atom. The maximum atomic E-state index is 14.0. The van der Waals surface area contributed by atoms with Gasteiger partial charge in [-0.25, -0.2) is 12.8 Å². The van der Waals surface area contributed by atoms with E-state index in [0.717, 1.165) is 0 Å². The number of para-hydroxylation sites is 1. The van der Waals surface area contributed by atoms with Crippen molar-refractivity contribution in [2.45, 2.75) is 11.8 Å². The summed E-state index contributed by atoms with van der Waals surface area (Å²) in [6.07, 6.45) is 0. The van der Waals surface area contributed by atoms with Crippen LogP contribution in [0.4, 0.5) is 15.8 Å². The molecule has 4 rings (SSSR count). The van der Waals surface area contributed by atoms with Crippen molar-refractivity contribution < 1.29 is 22.3 Å². The highest BCUT2D eigenvalue weighted by atomic mass is 32.2. The van der Waals surface area contributed by atoms with E-state index >= 15 is 0 Å². The lowest BCUT2D eigenvalue weighted by Gasteiger charge is -2.36. The van der Waals surface area contributed by atoms with Crippen molar-refractivity contribution in [1.82, 2.24) is 4.90 Å². The van der Waals surface area contributed by atoms with Gasteiger partial charge in [0.05, 0.1) is 16.3 Å². The average molecular weight is 498 g/mol. The van der Waals surface area contributed by atoms with Crippen LogP contribution in [0.25, 0.3) is 0 Å². The molecular formula is C26H28FN3O4S. The third-order valence-electron chi connectivity index (χ3n) is 5.93. The predicted octanol–water partition coefficient (Wildman–Crippen LogP) is 3.77. The predicted molar refractivity (Wildman–Crippen MR) is 134 cm³/mol. The second-order valence-corrected chi connectivity index (χ2v) is 9.95. The Bertz CT molecular complexity index is 1250. The molecule has 0 radical (unpaired) electrons. The third-order valence-corrected chi connectivity index (χ3v) is 7.85. The molecule has 0 N–H and O–H groups in total. The van der Waals surface area contributed by atoms with Crippen LogP contribution >= 0.6 is 0 Å². The number of sulfonamides is 1. The first-order valence-electron chi connectivity index (χ1n) is 11.5. The van der Waals surface area contributed by atoms with E-state index in [9.17, 15) is 17.6 Å². The molecule has 0 spiro atoms. The Hall–Kier alpha value is -3.59. The molecule has 3 aromatic rings. The van der Waals surface area contributed by atoms with Crippen LogP contribution in [0.2, 0.25) is 0 Å². The molecule has 0 bridgehead atoms. The number of hydrogen-bond donors (Lipinski definition) is 0. The Balaban J connectivity index is 1.32. The Morgan fingerprint density at radius 2 is 1.54 bits per heavy atom. The van der Waals surface area contributed by atoms with Gasteiger partial charge in [0, 0.05) is 32.7 Å². The Kier molecular flexibility index (Phi) is 7.55. The van der Waals surface area contributed by atoms with E-state index in [4.69, 9.17) is 4.74 Å². The maximum Gasteiger partial charge on any atom is 0.264 e. The lowest BCUT2D eigenvalue weighted by Crippen LogP contribution is -2.50. The average Bonchev–Trinajstić information content (AvgIpc) is 2.89. The summed E-state index contributed by atoms with van der Waals surface area (Å²) >= 11 is 0. The minimum Gasteiger partial charge on any atom is -0.484 e. The number of nitrogens with zero attached hydrogens (tertiary/aromatic N) is 3. The second-order valence-electron chi connectivity index (χ2n) is 8.08. The molecule has 184 valence electrons. The normalized spacial score (nSPS) is 14.0. The number of benzene rings is 3. The summed E-state index contributed by atoms with van der Waals surface area (Å²) in [5, 5.41) is 0. The summed E-state index contributed by atoms with van der Waals surface area (Å²) < 4.78 is 47.0. The molecule has 1 fully saturated rings. The lowest BCUT2D eigenvalue weighted by molar-refractivity contribution is -0.133. The van der Waals surface area contributed by atoms with Crippen LogP contribution in [-0.4, -0.2) is 58.6 Å². The minimum absolute atomic E-state index is 0.126. The molecule has 0 atom stereocenters. The van der Waals surface area contributed by atoms with Gasteiger partial charge >= 0.3 is 0 Å². The molecule has 0 aliphatic carbocycles. The van der Waals surface area contributed by atoms with Crippen LogP contribution in [0.1, 0.15) is 6.92 Å². The number of carbonyl (C=O) groups is 1. The first kappa shape index (κ1) is 24.5. The second kappa shape index (κ2) is 10.8. The van der Waals surface area contributed by atoms with Crippen LogP contribution < -0.4 is 13.9 Å². The highest BCUT2D eigenvalue weighted by molar-refractivity contribution is 7.92. The zero-order chi connectivity index (χ0) is 24.8.